The smallest absolute Gasteiger partial charge is 0.309 e. The summed E-state index contributed by atoms with van der Waals surface area (Å²) < 4.78 is 25.0. The first-order valence-corrected chi connectivity index (χ1v) is 4.47. The molecule has 92 valence electrons. The second kappa shape index (κ2) is 4.81. The van der Waals surface area contributed by atoms with E-state index in [0.717, 1.165) is 0 Å². The third-order valence-electron chi connectivity index (χ3n) is 2.16. The number of nitrogens with zero attached hydrogens (tertiary/aromatic N) is 2. The van der Waals surface area contributed by atoms with Crippen LogP contribution in [0.15, 0.2) is 6.20 Å². The van der Waals surface area contributed by atoms with E-state index in [1.807, 2.05) is 0 Å². The van der Waals surface area contributed by atoms with Crippen LogP contribution in [0.4, 0.5) is 14.5 Å². The lowest BCUT2D eigenvalue weighted by Crippen LogP contribution is -2.08. The van der Waals surface area contributed by atoms with Gasteiger partial charge in [0.1, 0.15) is 5.56 Å². The first-order chi connectivity index (χ1) is 7.84. The van der Waals surface area contributed by atoms with Crippen molar-refractivity contribution in [1.29, 1.82) is 0 Å². The number of pyridine rings is 1. The zero-order chi connectivity index (χ0) is 13.2. The van der Waals surface area contributed by atoms with E-state index in [0.29, 0.717) is 6.20 Å². The van der Waals surface area contributed by atoms with Crippen molar-refractivity contribution in [3.63, 3.8) is 0 Å². The number of aliphatic carboxylic acids is 1. The van der Waals surface area contributed by atoms with Gasteiger partial charge >= 0.3 is 5.97 Å². The molecule has 0 fully saturated rings. The Morgan fingerprint density at radius 1 is 1.65 bits per heavy atom. The molecule has 8 heteroatoms. The minimum atomic E-state index is -3.03. The fourth-order valence-corrected chi connectivity index (χ4v) is 1.38. The molecule has 0 aromatic carbocycles. The molecule has 0 saturated carbocycles. The number of carboxylic acid groups (broad SMARTS) is 1. The number of halogens is 2. The van der Waals surface area contributed by atoms with Crippen LogP contribution in [0.5, 0.6) is 0 Å². The van der Waals surface area contributed by atoms with E-state index in [1.165, 1.54) is 6.92 Å². The Hall–Kier alpha value is -2.12. The molecular weight excluding hydrogens is 238 g/mol. The minimum absolute atomic E-state index is 0.0893. The van der Waals surface area contributed by atoms with Gasteiger partial charge in [0.25, 0.3) is 12.1 Å². The Labute approximate surface area is 94.1 Å². The molecule has 0 aliphatic rings. The standard InChI is InChI=1S/C9H8F2N2O4/c1-4-6(2-7(14)15)12-3-5(9(10)11)8(4)13(16)17/h3,9H,2H2,1H3,(H,14,15). The van der Waals surface area contributed by atoms with E-state index < -0.39 is 35.0 Å². The van der Waals surface area contributed by atoms with Gasteiger partial charge < -0.3 is 5.11 Å². The molecule has 6 nitrogen and oxygen atoms in total. The maximum absolute atomic E-state index is 12.5. The predicted octanol–water partition coefficient (Wildman–Crippen LogP) is 1.86. The normalized spacial score (nSPS) is 10.6. The van der Waals surface area contributed by atoms with E-state index in [4.69, 9.17) is 5.11 Å². The molecule has 1 heterocycles. The summed E-state index contributed by atoms with van der Waals surface area (Å²) in [4.78, 5) is 23.7. The highest BCUT2D eigenvalue weighted by molar-refractivity contribution is 5.70. The zero-order valence-corrected chi connectivity index (χ0v) is 8.68. The molecular formula is C9H8F2N2O4. The number of hydrogen-bond acceptors (Lipinski definition) is 4. The molecule has 0 aliphatic heterocycles. The highest BCUT2D eigenvalue weighted by Gasteiger charge is 2.27. The molecule has 0 bridgehead atoms. The number of carboxylic acids is 1. The molecule has 1 rings (SSSR count). The second-order valence-corrected chi connectivity index (χ2v) is 3.26. The summed E-state index contributed by atoms with van der Waals surface area (Å²) in [7, 11) is 0. The number of alkyl halides is 2. The van der Waals surface area contributed by atoms with E-state index in [-0.39, 0.29) is 11.3 Å². The van der Waals surface area contributed by atoms with Crippen molar-refractivity contribution >= 4 is 11.7 Å². The number of rotatable bonds is 4. The van der Waals surface area contributed by atoms with Crippen molar-refractivity contribution in [3.8, 4) is 0 Å². The number of nitro groups is 1. The second-order valence-electron chi connectivity index (χ2n) is 3.26. The van der Waals surface area contributed by atoms with Crippen LogP contribution >= 0.6 is 0 Å². The first kappa shape index (κ1) is 12.9. The largest absolute Gasteiger partial charge is 0.481 e. The summed E-state index contributed by atoms with van der Waals surface area (Å²) in [6.07, 6.45) is -2.93. The van der Waals surface area contributed by atoms with Gasteiger partial charge in [-0.15, -0.1) is 0 Å². The summed E-state index contributed by atoms with van der Waals surface area (Å²) in [6, 6.07) is 0. The Bertz CT molecular complexity index is 476. The summed E-state index contributed by atoms with van der Waals surface area (Å²) in [5.41, 5.74) is -1.81. The topological polar surface area (TPSA) is 93.3 Å². The maximum atomic E-state index is 12.5. The summed E-state index contributed by atoms with van der Waals surface area (Å²) in [5, 5.41) is 19.2. The average Bonchev–Trinajstić information content (AvgIpc) is 2.19. The Morgan fingerprint density at radius 3 is 2.65 bits per heavy atom. The monoisotopic (exact) mass is 246 g/mol. The van der Waals surface area contributed by atoms with Gasteiger partial charge in [0, 0.05) is 11.8 Å². The van der Waals surface area contributed by atoms with Crippen LogP contribution in [-0.4, -0.2) is 21.0 Å². The molecule has 0 amide bonds. The van der Waals surface area contributed by atoms with Gasteiger partial charge in [-0.3, -0.25) is 19.9 Å². The third-order valence-corrected chi connectivity index (χ3v) is 2.16. The highest BCUT2D eigenvalue weighted by Crippen LogP contribution is 2.32. The molecule has 0 saturated heterocycles. The SMILES string of the molecule is Cc1c(CC(=O)O)ncc(C(F)F)c1[N+](=O)[O-]. The van der Waals surface area contributed by atoms with Crippen LogP contribution in [0.25, 0.3) is 0 Å². The van der Waals surface area contributed by atoms with Crippen LogP contribution < -0.4 is 0 Å². The molecule has 0 unspecified atom stereocenters. The molecule has 0 atom stereocenters. The lowest BCUT2D eigenvalue weighted by molar-refractivity contribution is -0.387. The fourth-order valence-electron chi connectivity index (χ4n) is 1.38. The lowest BCUT2D eigenvalue weighted by atomic mass is 10.1. The van der Waals surface area contributed by atoms with Crippen molar-refractivity contribution in [1.82, 2.24) is 4.98 Å². The minimum Gasteiger partial charge on any atom is -0.481 e. The van der Waals surface area contributed by atoms with Gasteiger partial charge in [0.15, 0.2) is 0 Å². The van der Waals surface area contributed by atoms with Gasteiger partial charge in [0.2, 0.25) is 0 Å². The van der Waals surface area contributed by atoms with E-state index in [1.54, 1.807) is 0 Å². The van der Waals surface area contributed by atoms with E-state index >= 15 is 0 Å². The maximum Gasteiger partial charge on any atom is 0.309 e. The van der Waals surface area contributed by atoms with Gasteiger partial charge in [-0.2, -0.15) is 0 Å². The van der Waals surface area contributed by atoms with Crippen LogP contribution in [0, 0.1) is 17.0 Å². The predicted molar refractivity (Wildman–Crippen MR) is 51.9 cm³/mol. The molecule has 0 radical (unpaired) electrons. The molecule has 1 aromatic rings. The third kappa shape index (κ3) is 2.71. The van der Waals surface area contributed by atoms with Gasteiger partial charge in [-0.1, -0.05) is 0 Å². The molecule has 1 aromatic heterocycles. The fraction of sp³-hybridized carbons (Fsp3) is 0.333. The van der Waals surface area contributed by atoms with Crippen molar-refractivity contribution in [2.45, 2.75) is 19.8 Å². The summed E-state index contributed by atoms with van der Waals surface area (Å²) in [5.74, 6) is -1.24. The van der Waals surface area contributed by atoms with E-state index in [2.05, 4.69) is 4.98 Å². The number of aromatic nitrogens is 1. The van der Waals surface area contributed by atoms with Gasteiger partial charge in [0.05, 0.1) is 17.0 Å². The first-order valence-electron chi connectivity index (χ1n) is 4.47. The Kier molecular flexibility index (Phi) is 3.66. The highest BCUT2D eigenvalue weighted by atomic mass is 19.3. The van der Waals surface area contributed by atoms with Crippen molar-refractivity contribution in [3.05, 3.63) is 33.1 Å². The quantitative estimate of drug-likeness (QED) is 0.646. The van der Waals surface area contributed by atoms with Crippen molar-refractivity contribution < 1.29 is 23.6 Å². The number of hydrogen-bond donors (Lipinski definition) is 1. The Balaban J connectivity index is 3.38. The van der Waals surface area contributed by atoms with Crippen LogP contribution in [-0.2, 0) is 11.2 Å². The molecule has 17 heavy (non-hydrogen) atoms. The summed E-state index contributed by atoms with van der Waals surface area (Å²) >= 11 is 0. The van der Waals surface area contributed by atoms with Crippen LogP contribution in [0.3, 0.4) is 0 Å². The zero-order valence-electron chi connectivity index (χ0n) is 8.68. The molecule has 0 aliphatic carbocycles. The van der Waals surface area contributed by atoms with Crippen molar-refractivity contribution in [2.75, 3.05) is 0 Å². The van der Waals surface area contributed by atoms with E-state index in [9.17, 15) is 23.7 Å². The van der Waals surface area contributed by atoms with Gasteiger partial charge in [-0.25, -0.2) is 8.78 Å². The molecule has 1 N–H and O–H groups in total. The molecule has 0 spiro atoms. The Morgan fingerprint density at radius 2 is 2.24 bits per heavy atom. The van der Waals surface area contributed by atoms with Crippen molar-refractivity contribution in [2.24, 2.45) is 0 Å². The summed E-state index contributed by atoms with van der Waals surface area (Å²) in [6.45, 7) is 1.20. The lowest BCUT2D eigenvalue weighted by Gasteiger charge is -2.07. The average molecular weight is 246 g/mol. The van der Waals surface area contributed by atoms with Crippen LogP contribution in [0.2, 0.25) is 0 Å². The van der Waals surface area contributed by atoms with Crippen LogP contribution in [0.1, 0.15) is 23.2 Å². The van der Waals surface area contributed by atoms with Gasteiger partial charge in [-0.05, 0) is 6.92 Å². The number of carbonyl (C=O) groups is 1.